The Labute approximate surface area is 200 Å². The predicted molar refractivity (Wildman–Crippen MR) is 132 cm³/mol. The molecule has 7 N–H and O–H groups in total. The van der Waals surface area contributed by atoms with Gasteiger partial charge in [-0.2, -0.15) is 4.98 Å². The number of aliphatic hydroxyl groups excluding tert-OH is 3. The van der Waals surface area contributed by atoms with Crippen molar-refractivity contribution in [3.8, 4) is 0 Å². The maximum absolute atomic E-state index is 14.4. The summed E-state index contributed by atoms with van der Waals surface area (Å²) in [6.45, 7) is 3.23. The Morgan fingerprint density at radius 3 is 2.66 bits per heavy atom. The van der Waals surface area contributed by atoms with Crippen molar-refractivity contribution in [3.63, 3.8) is 0 Å². The van der Waals surface area contributed by atoms with Crippen LogP contribution in [0.4, 0.5) is 38.9 Å². The first-order chi connectivity index (χ1) is 16.9. The maximum atomic E-state index is 14.4. The molecule has 0 spiro atoms. The number of hydrogen-bond acceptors (Lipinski definition) is 10. The van der Waals surface area contributed by atoms with Gasteiger partial charge in [0.2, 0.25) is 5.95 Å². The molecule has 184 valence electrons. The van der Waals surface area contributed by atoms with Gasteiger partial charge in [-0.15, -0.1) is 0 Å². The van der Waals surface area contributed by atoms with Crippen molar-refractivity contribution in [2.24, 2.45) is 4.99 Å². The van der Waals surface area contributed by atoms with Crippen LogP contribution in [0.5, 0.6) is 0 Å². The van der Waals surface area contributed by atoms with Crippen LogP contribution in [0.25, 0.3) is 0 Å². The number of nitrogens with zero attached hydrogens (tertiary/aromatic N) is 3. The number of aromatic nitrogens is 2. The van der Waals surface area contributed by atoms with Crippen LogP contribution in [0.3, 0.4) is 0 Å². The van der Waals surface area contributed by atoms with Crippen molar-refractivity contribution >= 4 is 47.1 Å². The van der Waals surface area contributed by atoms with Crippen molar-refractivity contribution in [1.29, 1.82) is 0 Å². The number of halogens is 1. The summed E-state index contributed by atoms with van der Waals surface area (Å²) in [6.07, 6.45) is -0.0931. The van der Waals surface area contributed by atoms with E-state index in [9.17, 15) is 14.3 Å². The summed E-state index contributed by atoms with van der Waals surface area (Å²) < 4.78 is 14.4. The topological polar surface area (TPSA) is 164 Å². The zero-order chi connectivity index (χ0) is 25.2. The molecule has 0 saturated heterocycles. The molecule has 0 aliphatic heterocycles. The van der Waals surface area contributed by atoms with Gasteiger partial charge in [-0.3, -0.25) is 9.79 Å². The van der Waals surface area contributed by atoms with Gasteiger partial charge in [0.05, 0.1) is 42.5 Å². The third-order valence-electron chi connectivity index (χ3n) is 4.70. The van der Waals surface area contributed by atoms with Gasteiger partial charge in [0.1, 0.15) is 0 Å². The first kappa shape index (κ1) is 25.5. The Hall–Kier alpha value is -4.13. The molecule has 35 heavy (non-hydrogen) atoms. The lowest BCUT2D eigenvalue weighted by atomic mass is 10.1. The van der Waals surface area contributed by atoms with E-state index in [4.69, 9.17) is 10.2 Å². The average molecular weight is 484 g/mol. The van der Waals surface area contributed by atoms with E-state index in [1.807, 2.05) is 6.07 Å². The van der Waals surface area contributed by atoms with E-state index in [0.29, 0.717) is 17.9 Å². The number of carbonyl (C=O) groups is 1. The van der Waals surface area contributed by atoms with Crippen LogP contribution in [0, 0.1) is 5.82 Å². The van der Waals surface area contributed by atoms with Crippen molar-refractivity contribution in [1.82, 2.24) is 15.3 Å². The van der Waals surface area contributed by atoms with E-state index >= 15 is 0 Å². The summed E-state index contributed by atoms with van der Waals surface area (Å²) in [4.78, 5) is 24.6. The van der Waals surface area contributed by atoms with Gasteiger partial charge in [-0.25, -0.2) is 9.37 Å². The average Bonchev–Trinajstić information content (AvgIpc) is 2.87. The Morgan fingerprint density at radius 1 is 1.14 bits per heavy atom. The van der Waals surface area contributed by atoms with E-state index in [2.05, 4.69) is 42.9 Å². The summed E-state index contributed by atoms with van der Waals surface area (Å²) in [7, 11) is 0. The summed E-state index contributed by atoms with van der Waals surface area (Å²) in [5.74, 6) is -1.24. The highest BCUT2D eigenvalue weighted by molar-refractivity contribution is 6.02. The minimum Gasteiger partial charge on any atom is -0.395 e. The quantitative estimate of drug-likeness (QED) is 0.191. The minimum atomic E-state index is -1.09. The highest BCUT2D eigenvalue weighted by atomic mass is 19.1. The van der Waals surface area contributed by atoms with Gasteiger partial charge in [-0.1, -0.05) is 12.1 Å². The first-order valence-corrected chi connectivity index (χ1v) is 10.6. The minimum absolute atomic E-state index is 0.0255. The van der Waals surface area contributed by atoms with E-state index in [1.165, 1.54) is 6.07 Å². The fraction of sp³-hybridized carbons (Fsp3) is 0.217. The molecule has 1 unspecified atom stereocenters. The van der Waals surface area contributed by atoms with E-state index < -0.39 is 24.4 Å². The van der Waals surface area contributed by atoms with Crippen molar-refractivity contribution in [2.75, 3.05) is 42.3 Å². The molecule has 0 saturated carbocycles. The smallest absolute Gasteiger partial charge is 0.253 e. The molecule has 0 bridgehead atoms. The van der Waals surface area contributed by atoms with Gasteiger partial charge in [0, 0.05) is 24.5 Å². The van der Waals surface area contributed by atoms with Gasteiger partial charge >= 0.3 is 0 Å². The predicted octanol–water partition coefficient (Wildman–Crippen LogP) is 1.92. The first-order valence-electron chi connectivity index (χ1n) is 10.6. The summed E-state index contributed by atoms with van der Waals surface area (Å²) in [6, 6.07) is 11.8. The second kappa shape index (κ2) is 12.4. The van der Waals surface area contributed by atoms with Crippen LogP contribution in [0.1, 0.15) is 10.4 Å². The highest BCUT2D eigenvalue weighted by Crippen LogP contribution is 2.31. The molecular formula is C23H26FN7O4. The molecule has 0 radical (unpaired) electrons. The van der Waals surface area contributed by atoms with Crippen molar-refractivity contribution in [3.05, 3.63) is 60.0 Å². The number of benzene rings is 2. The molecule has 0 aliphatic carbocycles. The molecule has 12 heteroatoms. The molecule has 11 nitrogen and oxygen atoms in total. The SMILES string of the molecule is C=Nc1c(Nc2ncc(F)c(Nc3cccc(NCCO)c3)n2)cccc1C(=O)NCC(O)CO. The third kappa shape index (κ3) is 6.93. The molecule has 3 aromatic rings. The lowest BCUT2D eigenvalue weighted by molar-refractivity contribution is 0.0802. The second-order valence-electron chi connectivity index (χ2n) is 7.28. The van der Waals surface area contributed by atoms with Gasteiger partial charge < -0.3 is 36.6 Å². The fourth-order valence-corrected chi connectivity index (χ4v) is 3.05. The number of anilines is 5. The number of rotatable bonds is 12. The van der Waals surface area contributed by atoms with Crippen LogP contribution >= 0.6 is 0 Å². The molecule has 1 aromatic heterocycles. The normalized spacial score (nSPS) is 11.4. The molecular weight excluding hydrogens is 457 g/mol. The van der Waals surface area contributed by atoms with Crippen molar-refractivity contribution in [2.45, 2.75) is 6.10 Å². The molecule has 3 rings (SSSR count). The number of para-hydroxylation sites is 1. The Morgan fingerprint density at radius 2 is 1.91 bits per heavy atom. The van der Waals surface area contributed by atoms with Crippen molar-refractivity contribution < 1.29 is 24.5 Å². The standard InChI is InChI=1S/C23H26FN7O4/c1-25-20-17(22(35)27-11-16(34)13-33)6-3-7-19(20)30-23-28-12-18(24)21(31-23)29-15-5-2-4-14(10-15)26-8-9-32/h2-7,10,12,16,26,32-34H,1,8-9,11,13H2,(H,27,35)(H2,28,29,30,31). The van der Waals surface area contributed by atoms with E-state index in [0.717, 1.165) is 11.9 Å². The maximum Gasteiger partial charge on any atom is 0.253 e. The lowest BCUT2D eigenvalue weighted by Gasteiger charge is -2.14. The number of aliphatic imine (C=N–C) groups is 1. The molecule has 1 amide bonds. The molecule has 1 atom stereocenters. The Balaban J connectivity index is 1.80. The number of hydrogen-bond donors (Lipinski definition) is 7. The lowest BCUT2D eigenvalue weighted by Crippen LogP contribution is -2.33. The zero-order valence-electron chi connectivity index (χ0n) is 18.7. The summed E-state index contributed by atoms with van der Waals surface area (Å²) >= 11 is 0. The highest BCUT2D eigenvalue weighted by Gasteiger charge is 2.16. The Kier molecular flexibility index (Phi) is 9.01. The van der Waals surface area contributed by atoms with Crippen LogP contribution in [0.15, 0.2) is 53.7 Å². The number of nitrogens with one attached hydrogen (secondary N) is 4. The fourth-order valence-electron chi connectivity index (χ4n) is 3.05. The molecule has 2 aromatic carbocycles. The van der Waals surface area contributed by atoms with E-state index in [-0.39, 0.29) is 36.2 Å². The monoisotopic (exact) mass is 483 g/mol. The number of amides is 1. The van der Waals surface area contributed by atoms with Gasteiger partial charge in [0.25, 0.3) is 5.91 Å². The second-order valence-corrected chi connectivity index (χ2v) is 7.28. The van der Waals surface area contributed by atoms with Crippen LogP contribution in [-0.2, 0) is 0 Å². The van der Waals surface area contributed by atoms with Gasteiger partial charge in [-0.05, 0) is 37.0 Å². The van der Waals surface area contributed by atoms with Crippen LogP contribution < -0.4 is 21.3 Å². The molecule has 0 aliphatic rings. The van der Waals surface area contributed by atoms with E-state index in [1.54, 1.807) is 30.3 Å². The summed E-state index contributed by atoms with van der Waals surface area (Å²) in [5.41, 5.74) is 2.02. The third-order valence-corrected chi connectivity index (χ3v) is 4.70. The number of aliphatic hydroxyl groups is 3. The molecule has 0 fully saturated rings. The van der Waals surface area contributed by atoms with Crippen LogP contribution in [0.2, 0.25) is 0 Å². The Bertz CT molecular complexity index is 1180. The summed E-state index contributed by atoms with van der Waals surface area (Å²) in [5, 5.41) is 38.7. The molecule has 1 heterocycles. The largest absolute Gasteiger partial charge is 0.395 e. The van der Waals surface area contributed by atoms with Crippen LogP contribution in [-0.4, -0.2) is 70.3 Å². The number of carbonyl (C=O) groups excluding carboxylic acids is 1. The van der Waals surface area contributed by atoms with Gasteiger partial charge in [0.15, 0.2) is 11.6 Å². The zero-order valence-corrected chi connectivity index (χ0v) is 18.7.